The zero-order chi connectivity index (χ0) is 21.3. The van der Waals surface area contributed by atoms with Crippen LogP contribution in [0, 0.1) is 0 Å². The van der Waals surface area contributed by atoms with Crippen LogP contribution in [0.2, 0.25) is 5.02 Å². The second-order valence-electron chi connectivity index (χ2n) is 7.77. The molecular formula is C23H28ClN3O2S. The van der Waals surface area contributed by atoms with Crippen molar-refractivity contribution in [1.29, 1.82) is 0 Å². The lowest BCUT2D eigenvalue weighted by molar-refractivity contribution is 0.222. The van der Waals surface area contributed by atoms with Gasteiger partial charge in [0, 0.05) is 18.0 Å². The number of halogens is 1. The standard InChI is InChI=1S/C23H28ClN3O2S/c1-5-16-13-30-23-26-20(18-9-7-8-10-25-18)21(27(16)23)15-11-17(24)22(29-14(3)4)19(12-15)28-6-2/h7-12,14,16,20-21H,5-6,13H2,1-4H3/t16-,20-,21-/m1/s1. The van der Waals surface area contributed by atoms with Gasteiger partial charge in [-0.25, -0.2) is 0 Å². The first-order valence-corrected chi connectivity index (χ1v) is 11.9. The van der Waals surface area contributed by atoms with Crippen LogP contribution in [0.4, 0.5) is 0 Å². The van der Waals surface area contributed by atoms with Crippen molar-refractivity contribution in [3.63, 3.8) is 0 Å². The molecule has 2 aromatic rings. The molecule has 160 valence electrons. The molecule has 2 aliphatic heterocycles. The fraction of sp³-hybridized carbons (Fsp3) is 0.478. The van der Waals surface area contributed by atoms with Gasteiger partial charge >= 0.3 is 0 Å². The highest BCUT2D eigenvalue weighted by atomic mass is 35.5. The van der Waals surface area contributed by atoms with Gasteiger partial charge < -0.3 is 14.4 Å². The van der Waals surface area contributed by atoms with E-state index in [0.29, 0.717) is 29.2 Å². The summed E-state index contributed by atoms with van der Waals surface area (Å²) in [6.45, 7) is 8.72. The summed E-state index contributed by atoms with van der Waals surface area (Å²) in [5.74, 6) is 2.34. The first kappa shape index (κ1) is 21.3. The van der Waals surface area contributed by atoms with Crippen molar-refractivity contribution < 1.29 is 9.47 Å². The van der Waals surface area contributed by atoms with Gasteiger partial charge in [0.25, 0.3) is 0 Å². The van der Waals surface area contributed by atoms with E-state index < -0.39 is 0 Å². The van der Waals surface area contributed by atoms with Crippen LogP contribution < -0.4 is 9.47 Å². The molecule has 0 unspecified atom stereocenters. The predicted octanol–water partition coefficient (Wildman–Crippen LogP) is 5.90. The maximum Gasteiger partial charge on any atom is 0.180 e. The van der Waals surface area contributed by atoms with Crippen LogP contribution >= 0.6 is 23.4 Å². The molecule has 4 rings (SSSR count). The number of pyridine rings is 1. The number of ether oxygens (including phenoxy) is 2. The summed E-state index contributed by atoms with van der Waals surface area (Å²) >= 11 is 8.55. The molecule has 0 bridgehead atoms. The third-order valence-corrected chi connectivity index (χ3v) is 6.76. The fourth-order valence-electron chi connectivity index (χ4n) is 4.08. The normalized spacial score (nSPS) is 22.9. The van der Waals surface area contributed by atoms with Gasteiger partial charge in [-0.15, -0.1) is 0 Å². The smallest absolute Gasteiger partial charge is 0.180 e. The molecule has 1 aromatic heterocycles. The van der Waals surface area contributed by atoms with Crippen LogP contribution in [0.1, 0.15) is 57.5 Å². The maximum atomic E-state index is 6.72. The van der Waals surface area contributed by atoms with Crippen LogP contribution in [0.25, 0.3) is 0 Å². The lowest BCUT2D eigenvalue weighted by Crippen LogP contribution is -2.35. The molecule has 1 saturated heterocycles. The molecule has 0 aliphatic carbocycles. The van der Waals surface area contributed by atoms with Crippen molar-refractivity contribution >= 4 is 28.5 Å². The van der Waals surface area contributed by atoms with Gasteiger partial charge in [-0.2, -0.15) is 0 Å². The van der Waals surface area contributed by atoms with E-state index in [4.69, 9.17) is 26.1 Å². The number of aromatic nitrogens is 1. The average molecular weight is 446 g/mol. The molecule has 3 heterocycles. The Hall–Kier alpha value is -1.92. The molecule has 7 heteroatoms. The van der Waals surface area contributed by atoms with Crippen molar-refractivity contribution in [1.82, 2.24) is 9.88 Å². The van der Waals surface area contributed by atoms with E-state index in [0.717, 1.165) is 28.6 Å². The molecule has 0 radical (unpaired) electrons. The largest absolute Gasteiger partial charge is 0.490 e. The van der Waals surface area contributed by atoms with Crippen molar-refractivity contribution in [3.8, 4) is 11.5 Å². The Labute approximate surface area is 187 Å². The van der Waals surface area contributed by atoms with E-state index in [-0.39, 0.29) is 18.2 Å². The monoisotopic (exact) mass is 445 g/mol. The Balaban J connectivity index is 1.81. The Bertz CT molecular complexity index is 922. The summed E-state index contributed by atoms with van der Waals surface area (Å²) in [4.78, 5) is 12.2. The van der Waals surface area contributed by atoms with Crippen molar-refractivity contribution in [2.45, 2.75) is 58.3 Å². The first-order chi connectivity index (χ1) is 14.5. The molecule has 0 N–H and O–H groups in total. The molecule has 30 heavy (non-hydrogen) atoms. The number of aliphatic imine (C=N–C) groups is 1. The number of benzene rings is 1. The van der Waals surface area contributed by atoms with Crippen molar-refractivity contribution in [3.05, 3.63) is 52.8 Å². The second-order valence-corrected chi connectivity index (χ2v) is 9.16. The minimum absolute atomic E-state index is 0.00898. The molecule has 1 aromatic carbocycles. The summed E-state index contributed by atoms with van der Waals surface area (Å²) < 4.78 is 11.9. The van der Waals surface area contributed by atoms with Crippen molar-refractivity contribution in [2.75, 3.05) is 12.4 Å². The summed E-state index contributed by atoms with van der Waals surface area (Å²) in [6.07, 6.45) is 2.91. The zero-order valence-electron chi connectivity index (χ0n) is 17.8. The third kappa shape index (κ3) is 4.00. The highest BCUT2D eigenvalue weighted by Crippen LogP contribution is 2.50. The van der Waals surface area contributed by atoms with E-state index >= 15 is 0 Å². The summed E-state index contributed by atoms with van der Waals surface area (Å²) in [5.41, 5.74) is 2.05. The van der Waals surface area contributed by atoms with Gasteiger partial charge in [0.15, 0.2) is 16.7 Å². The highest BCUT2D eigenvalue weighted by Gasteiger charge is 2.45. The van der Waals surface area contributed by atoms with E-state index in [9.17, 15) is 0 Å². The van der Waals surface area contributed by atoms with Gasteiger partial charge in [-0.05, 0) is 57.0 Å². The van der Waals surface area contributed by atoms with E-state index in [1.165, 1.54) is 0 Å². The van der Waals surface area contributed by atoms with Gasteiger partial charge in [-0.3, -0.25) is 9.98 Å². The molecule has 3 atom stereocenters. The quantitative estimate of drug-likeness (QED) is 0.530. The summed E-state index contributed by atoms with van der Waals surface area (Å²) in [5, 5.41) is 1.66. The molecule has 0 amide bonds. The van der Waals surface area contributed by atoms with Crippen LogP contribution in [0.15, 0.2) is 41.5 Å². The molecule has 2 aliphatic rings. The topological polar surface area (TPSA) is 47.0 Å². The van der Waals surface area contributed by atoms with Crippen molar-refractivity contribution in [2.24, 2.45) is 4.99 Å². The van der Waals surface area contributed by atoms with Crippen LogP contribution in [0.3, 0.4) is 0 Å². The molecule has 5 nitrogen and oxygen atoms in total. The average Bonchev–Trinajstić information content (AvgIpc) is 3.30. The highest BCUT2D eigenvalue weighted by molar-refractivity contribution is 8.14. The fourth-order valence-corrected chi connectivity index (χ4v) is 5.68. The first-order valence-electron chi connectivity index (χ1n) is 10.6. The number of thioether (sulfide) groups is 1. The minimum atomic E-state index is -0.0783. The number of hydrogen-bond acceptors (Lipinski definition) is 6. The predicted molar refractivity (Wildman–Crippen MR) is 124 cm³/mol. The SMILES string of the molecule is CCOc1cc([C@@H]2[C@@H](c3ccccn3)N=C3SC[C@@H](CC)N32)cc(Cl)c1OC(C)C. The number of amidine groups is 1. The number of rotatable bonds is 7. The Morgan fingerprint density at radius 3 is 2.77 bits per heavy atom. The molecule has 0 spiro atoms. The molecule has 1 fully saturated rings. The third-order valence-electron chi connectivity index (χ3n) is 5.36. The van der Waals surface area contributed by atoms with E-state index in [1.54, 1.807) is 0 Å². The Morgan fingerprint density at radius 1 is 1.27 bits per heavy atom. The van der Waals surface area contributed by atoms with E-state index in [2.05, 4.69) is 28.9 Å². The zero-order valence-corrected chi connectivity index (χ0v) is 19.4. The van der Waals surface area contributed by atoms with Crippen LogP contribution in [-0.2, 0) is 0 Å². The Kier molecular flexibility index (Phi) is 6.44. The van der Waals surface area contributed by atoms with Gasteiger partial charge in [0.1, 0.15) is 6.04 Å². The number of hydrogen-bond donors (Lipinski definition) is 0. The van der Waals surface area contributed by atoms with Gasteiger partial charge in [-0.1, -0.05) is 36.4 Å². The lowest BCUT2D eigenvalue weighted by atomic mass is 9.95. The minimum Gasteiger partial charge on any atom is -0.490 e. The number of fused-ring (bicyclic) bond motifs is 1. The molecule has 0 saturated carbocycles. The maximum absolute atomic E-state index is 6.72. The van der Waals surface area contributed by atoms with Crippen LogP contribution in [0.5, 0.6) is 11.5 Å². The Morgan fingerprint density at radius 2 is 2.10 bits per heavy atom. The lowest BCUT2D eigenvalue weighted by Gasteiger charge is -2.32. The second kappa shape index (κ2) is 9.06. The van der Waals surface area contributed by atoms with Gasteiger partial charge in [0.05, 0.1) is 29.5 Å². The summed E-state index contributed by atoms with van der Waals surface area (Å²) in [7, 11) is 0. The number of nitrogens with zero attached hydrogens (tertiary/aromatic N) is 3. The summed E-state index contributed by atoms with van der Waals surface area (Å²) in [6, 6.07) is 10.5. The van der Waals surface area contributed by atoms with Gasteiger partial charge in [0.2, 0.25) is 0 Å². The molecular weight excluding hydrogens is 418 g/mol. The van der Waals surface area contributed by atoms with E-state index in [1.807, 2.05) is 56.9 Å². The van der Waals surface area contributed by atoms with Crippen LogP contribution in [-0.4, -0.2) is 39.6 Å².